The van der Waals surface area contributed by atoms with E-state index in [1.807, 2.05) is 0 Å². The second-order valence-electron chi connectivity index (χ2n) is 4.90. The number of rotatable bonds is 7. The van der Waals surface area contributed by atoms with E-state index in [0.29, 0.717) is 32.2 Å². The molecule has 1 heterocycles. The van der Waals surface area contributed by atoms with Gasteiger partial charge >= 0.3 is 12.0 Å². The smallest absolute Gasteiger partial charge is 0.318 e. The molecule has 1 rings (SSSR count). The molecule has 4 amide bonds. The van der Waals surface area contributed by atoms with Gasteiger partial charge in [0, 0.05) is 13.0 Å². The third kappa shape index (κ3) is 5.41. The minimum absolute atomic E-state index is 0.118. The van der Waals surface area contributed by atoms with Gasteiger partial charge in [0.05, 0.1) is 0 Å². The van der Waals surface area contributed by atoms with E-state index in [1.165, 1.54) is 4.90 Å². The Kier molecular flexibility index (Phi) is 6.64. The lowest BCUT2D eigenvalue weighted by atomic mass is 10.1. The number of aliphatic carboxylic acids is 1. The van der Waals surface area contributed by atoms with Gasteiger partial charge in [-0.1, -0.05) is 13.3 Å². The van der Waals surface area contributed by atoms with E-state index in [9.17, 15) is 19.2 Å². The van der Waals surface area contributed by atoms with Gasteiger partial charge in [-0.05, 0) is 19.3 Å². The number of carbonyl (C=O) groups is 4. The summed E-state index contributed by atoms with van der Waals surface area (Å²) in [7, 11) is 0. The molecular weight excluding hydrogens is 278 g/mol. The minimum Gasteiger partial charge on any atom is -0.481 e. The molecule has 0 saturated carbocycles. The number of piperazine rings is 1. The van der Waals surface area contributed by atoms with Gasteiger partial charge in [0.1, 0.15) is 12.6 Å². The summed E-state index contributed by atoms with van der Waals surface area (Å²) in [5.74, 6) is -1.77. The van der Waals surface area contributed by atoms with Crippen molar-refractivity contribution in [3.63, 3.8) is 0 Å². The molecule has 0 aromatic rings. The Labute approximate surface area is 122 Å². The summed E-state index contributed by atoms with van der Waals surface area (Å²) in [5.41, 5.74) is 0. The van der Waals surface area contributed by atoms with Crippen LogP contribution in [0, 0.1) is 0 Å². The number of amides is 4. The van der Waals surface area contributed by atoms with Crippen LogP contribution in [0.3, 0.4) is 0 Å². The van der Waals surface area contributed by atoms with E-state index in [0.717, 1.165) is 0 Å². The molecule has 1 aliphatic heterocycles. The van der Waals surface area contributed by atoms with E-state index in [4.69, 9.17) is 5.11 Å². The van der Waals surface area contributed by atoms with Crippen molar-refractivity contribution in [2.24, 2.45) is 0 Å². The van der Waals surface area contributed by atoms with Crippen LogP contribution in [0.15, 0.2) is 0 Å². The Morgan fingerprint density at radius 3 is 2.67 bits per heavy atom. The molecule has 0 radical (unpaired) electrons. The number of carboxylic acid groups (broad SMARTS) is 1. The number of urea groups is 1. The maximum atomic E-state index is 12.0. The zero-order valence-electron chi connectivity index (χ0n) is 12.1. The van der Waals surface area contributed by atoms with Gasteiger partial charge in [-0.25, -0.2) is 4.79 Å². The zero-order valence-corrected chi connectivity index (χ0v) is 12.1. The summed E-state index contributed by atoms with van der Waals surface area (Å²) in [5, 5.41) is 13.3. The summed E-state index contributed by atoms with van der Waals surface area (Å²) < 4.78 is 0. The van der Waals surface area contributed by atoms with Crippen LogP contribution in [-0.4, -0.2) is 53.0 Å². The number of unbranched alkanes of at least 4 members (excludes halogenated alkanes) is 2. The second-order valence-corrected chi connectivity index (χ2v) is 4.90. The van der Waals surface area contributed by atoms with Crippen LogP contribution in [0.2, 0.25) is 0 Å². The maximum Gasteiger partial charge on any atom is 0.318 e. The van der Waals surface area contributed by atoms with E-state index >= 15 is 0 Å². The maximum absolute atomic E-state index is 12.0. The second kappa shape index (κ2) is 8.23. The van der Waals surface area contributed by atoms with E-state index in [2.05, 4.69) is 10.6 Å². The molecule has 0 aliphatic carbocycles. The highest BCUT2D eigenvalue weighted by Crippen LogP contribution is 2.09. The molecule has 8 nitrogen and oxygen atoms in total. The first kappa shape index (κ1) is 16.9. The molecule has 1 fully saturated rings. The lowest BCUT2D eigenvalue weighted by molar-refractivity contribution is -0.139. The number of carboxylic acids is 1. The number of nitrogens with zero attached hydrogens (tertiary/aromatic N) is 1. The Balaban J connectivity index is 2.34. The first-order valence-corrected chi connectivity index (χ1v) is 7.05. The summed E-state index contributed by atoms with van der Waals surface area (Å²) in [6, 6.07) is -1.07. The predicted octanol–water partition coefficient (Wildman–Crippen LogP) is 0.0780. The van der Waals surface area contributed by atoms with Gasteiger partial charge in [-0.2, -0.15) is 0 Å². The van der Waals surface area contributed by atoms with Crippen molar-refractivity contribution < 1.29 is 24.3 Å². The molecule has 0 spiro atoms. The fourth-order valence-electron chi connectivity index (χ4n) is 2.16. The fourth-order valence-corrected chi connectivity index (χ4v) is 2.16. The summed E-state index contributed by atoms with van der Waals surface area (Å²) in [4.78, 5) is 46.5. The quantitative estimate of drug-likeness (QED) is 0.455. The Morgan fingerprint density at radius 2 is 2.05 bits per heavy atom. The molecule has 1 atom stereocenters. The topological polar surface area (TPSA) is 116 Å². The molecule has 8 heteroatoms. The summed E-state index contributed by atoms with van der Waals surface area (Å²) in [6.07, 6.45) is 2.47. The summed E-state index contributed by atoms with van der Waals surface area (Å²) >= 11 is 0. The van der Waals surface area contributed by atoms with Gasteiger partial charge in [-0.3, -0.25) is 19.7 Å². The van der Waals surface area contributed by atoms with Crippen LogP contribution >= 0.6 is 0 Å². The molecule has 3 N–H and O–H groups in total. The average molecular weight is 299 g/mol. The molecule has 0 aromatic heterocycles. The van der Waals surface area contributed by atoms with Crippen molar-refractivity contribution >= 4 is 23.8 Å². The number of hydrogen-bond acceptors (Lipinski definition) is 4. The molecule has 0 bridgehead atoms. The number of imide groups is 1. The zero-order chi connectivity index (χ0) is 15.8. The number of hydrogen-bond donors (Lipinski definition) is 3. The van der Waals surface area contributed by atoms with Crippen molar-refractivity contribution in [1.82, 2.24) is 15.5 Å². The van der Waals surface area contributed by atoms with Gasteiger partial charge in [0.2, 0.25) is 11.8 Å². The van der Waals surface area contributed by atoms with Crippen molar-refractivity contribution in [2.75, 3.05) is 13.1 Å². The molecule has 118 valence electrons. The average Bonchev–Trinajstić information content (AvgIpc) is 2.41. The highest BCUT2D eigenvalue weighted by molar-refractivity contribution is 6.04. The van der Waals surface area contributed by atoms with Crippen LogP contribution < -0.4 is 10.6 Å². The van der Waals surface area contributed by atoms with Crippen molar-refractivity contribution in [3.05, 3.63) is 0 Å². The third-order valence-corrected chi connectivity index (χ3v) is 3.25. The number of nitrogens with one attached hydrogen (secondary N) is 2. The molecule has 1 saturated heterocycles. The highest BCUT2D eigenvalue weighted by atomic mass is 16.4. The van der Waals surface area contributed by atoms with Gasteiger partial charge in [-0.15, -0.1) is 0 Å². The normalized spacial score (nSPS) is 18.3. The molecule has 1 unspecified atom stereocenters. The monoisotopic (exact) mass is 299 g/mol. The van der Waals surface area contributed by atoms with E-state index < -0.39 is 29.9 Å². The molecule has 21 heavy (non-hydrogen) atoms. The Bertz CT molecular complexity index is 424. The SMILES string of the molecule is CCC1C(=O)NC(=O)CN1C(=O)NCCCCCC(=O)O. The molecule has 1 aliphatic rings. The first-order valence-electron chi connectivity index (χ1n) is 7.05. The van der Waals surface area contributed by atoms with Gasteiger partial charge < -0.3 is 15.3 Å². The van der Waals surface area contributed by atoms with Crippen LogP contribution in [0.25, 0.3) is 0 Å². The van der Waals surface area contributed by atoms with Crippen LogP contribution in [0.5, 0.6) is 0 Å². The predicted molar refractivity (Wildman–Crippen MR) is 73.4 cm³/mol. The van der Waals surface area contributed by atoms with E-state index in [-0.39, 0.29) is 13.0 Å². The standard InChI is InChI=1S/C13H21N3O5/c1-2-9-12(20)15-10(17)8-16(9)13(21)14-7-5-3-4-6-11(18)19/h9H,2-8H2,1H3,(H,14,21)(H,18,19)(H,15,17,20). The Morgan fingerprint density at radius 1 is 1.33 bits per heavy atom. The van der Waals surface area contributed by atoms with Crippen LogP contribution in [0.4, 0.5) is 4.79 Å². The van der Waals surface area contributed by atoms with E-state index in [1.54, 1.807) is 6.92 Å². The van der Waals surface area contributed by atoms with Gasteiger partial charge in [0.15, 0.2) is 0 Å². The molecule has 0 aromatic carbocycles. The lowest BCUT2D eigenvalue weighted by Crippen LogP contribution is -2.61. The largest absolute Gasteiger partial charge is 0.481 e. The lowest BCUT2D eigenvalue weighted by Gasteiger charge is -2.33. The van der Waals surface area contributed by atoms with Crippen molar-refractivity contribution in [1.29, 1.82) is 0 Å². The van der Waals surface area contributed by atoms with Crippen LogP contribution in [0.1, 0.15) is 39.0 Å². The Hall–Kier alpha value is -2.12. The fraction of sp³-hybridized carbons (Fsp3) is 0.692. The first-order chi connectivity index (χ1) is 9.95. The van der Waals surface area contributed by atoms with Crippen molar-refractivity contribution in [2.45, 2.75) is 45.1 Å². The number of carbonyl (C=O) groups excluding carboxylic acids is 3. The minimum atomic E-state index is -0.831. The molecular formula is C13H21N3O5. The third-order valence-electron chi connectivity index (χ3n) is 3.25. The van der Waals surface area contributed by atoms with Gasteiger partial charge in [0.25, 0.3) is 0 Å². The summed E-state index contributed by atoms with van der Waals surface area (Å²) in [6.45, 7) is 2.03. The van der Waals surface area contributed by atoms with Crippen molar-refractivity contribution in [3.8, 4) is 0 Å². The van der Waals surface area contributed by atoms with Crippen LogP contribution in [-0.2, 0) is 14.4 Å². The highest BCUT2D eigenvalue weighted by Gasteiger charge is 2.35.